The van der Waals surface area contributed by atoms with Crippen molar-refractivity contribution in [3.8, 4) is 0 Å². The molecule has 0 spiro atoms. The van der Waals surface area contributed by atoms with Crippen LogP contribution >= 0.6 is 0 Å². The molecule has 0 radical (unpaired) electrons. The van der Waals surface area contributed by atoms with E-state index in [1.54, 1.807) is 22.6 Å². The fourth-order valence-electron chi connectivity index (χ4n) is 4.91. The number of quaternary nitrogens is 1. The summed E-state index contributed by atoms with van der Waals surface area (Å²) in [5.41, 5.74) is 3.00. The summed E-state index contributed by atoms with van der Waals surface area (Å²) in [7, 11) is 0. The second-order valence-corrected chi connectivity index (χ2v) is 8.19. The molecule has 2 nitrogen and oxygen atoms in total. The number of nitrogens with zero attached hydrogens (tertiary/aromatic N) is 1. The fourth-order valence-corrected chi connectivity index (χ4v) is 4.91. The summed E-state index contributed by atoms with van der Waals surface area (Å²) in [6.07, 6.45) is 5.22. The van der Waals surface area contributed by atoms with Crippen LogP contribution in [0.5, 0.6) is 0 Å². The lowest BCUT2D eigenvalue weighted by Crippen LogP contribution is -3.15. The van der Waals surface area contributed by atoms with E-state index in [9.17, 15) is 4.39 Å². The summed E-state index contributed by atoms with van der Waals surface area (Å²) < 4.78 is 13.9. The topological polar surface area (TPSA) is 7.68 Å². The Balaban J connectivity index is 1.36. The number of nitrogens with one attached hydrogen (secondary N) is 1. The van der Waals surface area contributed by atoms with Gasteiger partial charge in [0.05, 0.1) is 38.4 Å². The number of piperazine rings is 1. The Kier molecular flexibility index (Phi) is 3.72. The van der Waals surface area contributed by atoms with Gasteiger partial charge in [0.25, 0.3) is 0 Å². The van der Waals surface area contributed by atoms with Crippen LogP contribution in [-0.4, -0.2) is 32.7 Å². The number of halogens is 1. The van der Waals surface area contributed by atoms with Crippen molar-refractivity contribution in [2.45, 2.75) is 26.7 Å². The smallest absolute Gasteiger partial charge is 0.146 e. The molecule has 1 N–H and O–H groups in total. The number of hydrogen-bond acceptors (Lipinski definition) is 1. The van der Waals surface area contributed by atoms with E-state index in [4.69, 9.17) is 0 Å². The lowest BCUT2D eigenvalue weighted by Gasteiger charge is -2.56. The van der Waals surface area contributed by atoms with Gasteiger partial charge in [-0.1, -0.05) is 32.1 Å². The van der Waals surface area contributed by atoms with Crippen molar-refractivity contribution in [2.24, 2.45) is 17.3 Å². The van der Waals surface area contributed by atoms with Gasteiger partial charge in [-0.2, -0.15) is 0 Å². The second-order valence-electron chi connectivity index (χ2n) is 8.19. The molecule has 2 atom stereocenters. The number of rotatable bonds is 3. The van der Waals surface area contributed by atoms with Crippen LogP contribution in [0.2, 0.25) is 0 Å². The summed E-state index contributed by atoms with van der Waals surface area (Å²) in [5, 5.41) is 0. The minimum atomic E-state index is -0.0896. The van der Waals surface area contributed by atoms with Crippen LogP contribution in [0.15, 0.2) is 35.9 Å². The second kappa shape index (κ2) is 5.62. The molecular weight excluding hydrogens is 287 g/mol. The van der Waals surface area contributed by atoms with E-state index in [-0.39, 0.29) is 5.82 Å². The molecule has 2 fully saturated rings. The van der Waals surface area contributed by atoms with Gasteiger partial charge in [-0.15, -0.1) is 0 Å². The Labute approximate surface area is 139 Å². The lowest BCUT2D eigenvalue weighted by atomic mass is 9.49. The van der Waals surface area contributed by atoms with Gasteiger partial charge in [-0.05, 0) is 47.8 Å². The number of allylic oxidation sites excluding steroid dienone is 1. The standard InChI is InChI=1S/C20H27FN2/c1-20(2)16-8-7-15(17(20)13-16)14-22-9-11-23(12-10-22)19-6-4-3-5-18(19)21/h3-7,16-17H,8-14H2,1-2H3/p+1/t16-,17-/m0/s1. The van der Waals surface area contributed by atoms with Crippen LogP contribution in [0, 0.1) is 23.1 Å². The van der Waals surface area contributed by atoms with E-state index in [1.807, 2.05) is 12.1 Å². The first-order valence-electron chi connectivity index (χ1n) is 9.07. The molecule has 4 aliphatic rings. The SMILES string of the molecule is CC1(C)[C@H]2CC=C(C[NH+]3CCN(c4ccccc4F)CC3)[C@@H]1C2. The first-order chi connectivity index (χ1) is 11.1. The average molecular weight is 315 g/mol. The molecular formula is C20H28FN2+. The molecule has 124 valence electrons. The maximum Gasteiger partial charge on any atom is 0.146 e. The van der Waals surface area contributed by atoms with Crippen LogP contribution < -0.4 is 9.80 Å². The molecule has 0 amide bonds. The molecule has 1 saturated heterocycles. The Morgan fingerprint density at radius 1 is 1.22 bits per heavy atom. The molecule has 5 rings (SSSR count). The maximum atomic E-state index is 13.9. The Bertz CT molecular complexity index is 614. The number of para-hydroxylation sites is 1. The van der Waals surface area contributed by atoms with Crippen molar-refractivity contribution in [1.29, 1.82) is 0 Å². The molecule has 1 heterocycles. The third-order valence-electron chi connectivity index (χ3n) is 6.70. The number of fused-ring (bicyclic) bond motifs is 1. The highest BCUT2D eigenvalue weighted by molar-refractivity contribution is 5.47. The van der Waals surface area contributed by atoms with Gasteiger partial charge >= 0.3 is 0 Å². The first-order valence-corrected chi connectivity index (χ1v) is 9.07. The lowest BCUT2D eigenvalue weighted by molar-refractivity contribution is -0.896. The van der Waals surface area contributed by atoms with Gasteiger partial charge in [0.2, 0.25) is 0 Å². The van der Waals surface area contributed by atoms with Gasteiger partial charge < -0.3 is 9.80 Å². The summed E-state index contributed by atoms with van der Waals surface area (Å²) >= 11 is 0. The van der Waals surface area contributed by atoms with Crippen LogP contribution in [0.1, 0.15) is 26.7 Å². The zero-order chi connectivity index (χ0) is 16.0. The zero-order valence-electron chi connectivity index (χ0n) is 14.3. The molecule has 0 unspecified atom stereocenters. The molecule has 23 heavy (non-hydrogen) atoms. The average Bonchev–Trinajstić information content (AvgIpc) is 2.56. The van der Waals surface area contributed by atoms with Crippen LogP contribution in [0.25, 0.3) is 0 Å². The van der Waals surface area contributed by atoms with Gasteiger partial charge in [0.1, 0.15) is 5.82 Å². The summed E-state index contributed by atoms with van der Waals surface area (Å²) in [4.78, 5) is 3.88. The highest BCUT2D eigenvalue weighted by Gasteiger charge is 2.51. The van der Waals surface area contributed by atoms with Crippen molar-refractivity contribution in [2.75, 3.05) is 37.6 Å². The minimum absolute atomic E-state index is 0.0896. The molecule has 3 aliphatic carbocycles. The van der Waals surface area contributed by atoms with E-state index < -0.39 is 0 Å². The van der Waals surface area contributed by atoms with Crippen molar-refractivity contribution < 1.29 is 9.29 Å². The highest BCUT2D eigenvalue weighted by Crippen LogP contribution is 2.58. The molecule has 1 aromatic rings. The van der Waals surface area contributed by atoms with Crippen molar-refractivity contribution >= 4 is 5.69 Å². The molecule has 3 heteroatoms. The summed E-state index contributed by atoms with van der Waals surface area (Å²) in [6, 6.07) is 7.17. The summed E-state index contributed by atoms with van der Waals surface area (Å²) in [6.45, 7) is 10.2. The largest absolute Gasteiger partial charge is 0.358 e. The van der Waals surface area contributed by atoms with Gasteiger partial charge in [0.15, 0.2) is 0 Å². The summed E-state index contributed by atoms with van der Waals surface area (Å²) in [5.74, 6) is 1.65. The highest BCUT2D eigenvalue weighted by atomic mass is 19.1. The van der Waals surface area contributed by atoms with E-state index >= 15 is 0 Å². The number of anilines is 1. The van der Waals surface area contributed by atoms with E-state index in [2.05, 4.69) is 24.8 Å². The first kappa shape index (κ1) is 15.2. The Morgan fingerprint density at radius 2 is 1.96 bits per heavy atom. The van der Waals surface area contributed by atoms with E-state index in [0.29, 0.717) is 5.41 Å². The van der Waals surface area contributed by atoms with Gasteiger partial charge in [-0.25, -0.2) is 4.39 Å². The van der Waals surface area contributed by atoms with Crippen molar-refractivity contribution in [3.63, 3.8) is 0 Å². The van der Waals surface area contributed by atoms with Crippen LogP contribution in [0.4, 0.5) is 10.1 Å². The third-order valence-corrected chi connectivity index (χ3v) is 6.70. The van der Waals surface area contributed by atoms with Crippen LogP contribution in [-0.2, 0) is 0 Å². The Morgan fingerprint density at radius 3 is 2.61 bits per heavy atom. The predicted molar refractivity (Wildman–Crippen MR) is 92.3 cm³/mol. The monoisotopic (exact) mass is 315 g/mol. The number of benzene rings is 1. The van der Waals surface area contributed by atoms with Crippen LogP contribution in [0.3, 0.4) is 0 Å². The Hall–Kier alpha value is -1.35. The fraction of sp³-hybridized carbons (Fsp3) is 0.600. The molecule has 1 aliphatic heterocycles. The maximum absolute atomic E-state index is 13.9. The zero-order valence-corrected chi connectivity index (χ0v) is 14.3. The molecule has 1 aromatic carbocycles. The van der Waals surface area contributed by atoms with E-state index in [1.165, 1.54) is 19.4 Å². The van der Waals surface area contributed by atoms with E-state index in [0.717, 1.165) is 43.7 Å². The quantitative estimate of drug-likeness (QED) is 0.842. The molecule has 2 bridgehead atoms. The molecule has 0 aromatic heterocycles. The van der Waals surface area contributed by atoms with Crippen molar-refractivity contribution in [1.82, 2.24) is 0 Å². The third kappa shape index (κ3) is 2.59. The number of hydrogen-bond donors (Lipinski definition) is 1. The van der Waals surface area contributed by atoms with Crippen molar-refractivity contribution in [3.05, 3.63) is 41.7 Å². The van der Waals surface area contributed by atoms with Gasteiger partial charge in [-0.3, -0.25) is 0 Å². The minimum Gasteiger partial charge on any atom is -0.358 e. The molecule has 1 saturated carbocycles. The predicted octanol–water partition coefficient (Wildman–Crippen LogP) is 2.52. The van der Waals surface area contributed by atoms with Gasteiger partial charge in [0, 0.05) is 0 Å². The normalized spacial score (nSPS) is 29.9.